The number of aromatic nitrogens is 1. The summed E-state index contributed by atoms with van der Waals surface area (Å²) in [5, 5.41) is 3.53. The summed E-state index contributed by atoms with van der Waals surface area (Å²) in [5.41, 5.74) is 1.90. The first-order chi connectivity index (χ1) is 9.28. The number of aryl methyl sites for hydroxylation is 1. The van der Waals surface area contributed by atoms with Gasteiger partial charge in [-0.15, -0.1) is 0 Å². The summed E-state index contributed by atoms with van der Waals surface area (Å²) in [7, 11) is 1.67. The lowest BCUT2D eigenvalue weighted by Gasteiger charge is -2.23. The maximum absolute atomic E-state index is 5.72. The van der Waals surface area contributed by atoms with E-state index < -0.39 is 0 Å². The zero-order chi connectivity index (χ0) is 13.5. The normalized spacial score (nSPS) is 19.4. The molecule has 1 fully saturated rings. The van der Waals surface area contributed by atoms with Crippen molar-refractivity contribution in [3.63, 3.8) is 0 Å². The number of hydrogen-bond donors (Lipinski definition) is 1. The van der Waals surface area contributed by atoms with Gasteiger partial charge in [0.05, 0.1) is 19.4 Å². The van der Waals surface area contributed by atoms with E-state index in [0.717, 1.165) is 36.7 Å². The highest BCUT2D eigenvalue weighted by atomic mass is 16.5. The fourth-order valence-electron chi connectivity index (χ4n) is 2.47. The van der Waals surface area contributed by atoms with Crippen molar-refractivity contribution in [1.29, 1.82) is 0 Å². The third kappa shape index (κ3) is 4.80. The van der Waals surface area contributed by atoms with Crippen molar-refractivity contribution in [3.05, 3.63) is 23.5 Å². The summed E-state index contributed by atoms with van der Waals surface area (Å²) in [6, 6.07) is 4.50. The fourth-order valence-corrected chi connectivity index (χ4v) is 2.47. The Morgan fingerprint density at radius 3 is 3.00 bits per heavy atom. The number of hydrogen-bond acceptors (Lipinski definition) is 4. The third-order valence-corrected chi connectivity index (χ3v) is 3.49. The second-order valence-corrected chi connectivity index (χ2v) is 5.13. The molecule has 1 atom stereocenters. The quantitative estimate of drug-likeness (QED) is 0.802. The number of ether oxygens (including phenoxy) is 2. The summed E-state index contributed by atoms with van der Waals surface area (Å²) in [5.74, 6) is 0.847. The Labute approximate surface area is 115 Å². The highest BCUT2D eigenvalue weighted by molar-refractivity contribution is 5.26. The lowest BCUT2D eigenvalue weighted by Crippen LogP contribution is -2.34. The fraction of sp³-hybridized carbons (Fsp3) is 0.667. The minimum atomic E-state index is 0.560. The molecule has 4 nitrogen and oxygen atoms in total. The Balaban J connectivity index is 1.71. The first kappa shape index (κ1) is 14.3. The molecule has 1 saturated heterocycles. The van der Waals surface area contributed by atoms with E-state index in [9.17, 15) is 0 Å². The minimum absolute atomic E-state index is 0.560. The second kappa shape index (κ2) is 7.46. The molecule has 0 radical (unpaired) electrons. The van der Waals surface area contributed by atoms with Crippen LogP contribution in [-0.4, -0.2) is 31.3 Å². The summed E-state index contributed by atoms with van der Waals surface area (Å²) >= 11 is 0. The summed E-state index contributed by atoms with van der Waals surface area (Å²) < 4.78 is 11.0. The van der Waals surface area contributed by atoms with Crippen LogP contribution in [0.25, 0.3) is 0 Å². The van der Waals surface area contributed by atoms with Gasteiger partial charge in [-0.2, -0.15) is 0 Å². The van der Waals surface area contributed by atoms with Crippen LogP contribution in [0, 0.1) is 6.92 Å². The summed E-state index contributed by atoms with van der Waals surface area (Å²) in [4.78, 5) is 4.45. The van der Waals surface area contributed by atoms with Gasteiger partial charge in [-0.3, -0.25) is 4.98 Å². The van der Waals surface area contributed by atoms with Crippen molar-refractivity contribution >= 4 is 0 Å². The molecule has 0 aliphatic carbocycles. The van der Waals surface area contributed by atoms with Crippen molar-refractivity contribution in [2.75, 3.05) is 20.3 Å². The van der Waals surface area contributed by atoms with Crippen molar-refractivity contribution < 1.29 is 9.47 Å². The van der Waals surface area contributed by atoms with Gasteiger partial charge in [0.2, 0.25) is 0 Å². The molecule has 106 valence electrons. The maximum atomic E-state index is 5.72. The van der Waals surface area contributed by atoms with Crippen LogP contribution in [0.15, 0.2) is 12.1 Å². The van der Waals surface area contributed by atoms with Crippen molar-refractivity contribution in [3.8, 4) is 5.75 Å². The molecule has 0 spiro atoms. The molecule has 2 rings (SSSR count). The largest absolute Gasteiger partial charge is 0.497 e. The Hall–Kier alpha value is -1.13. The minimum Gasteiger partial charge on any atom is -0.497 e. The summed E-state index contributed by atoms with van der Waals surface area (Å²) in [6.07, 6.45) is 5.02. The molecule has 0 aromatic carbocycles. The lowest BCUT2D eigenvalue weighted by atomic mass is 10.0. The van der Waals surface area contributed by atoms with E-state index in [1.807, 2.05) is 19.1 Å². The van der Waals surface area contributed by atoms with Gasteiger partial charge in [0.25, 0.3) is 0 Å². The van der Waals surface area contributed by atoms with Crippen molar-refractivity contribution in [1.82, 2.24) is 10.3 Å². The van der Waals surface area contributed by atoms with E-state index in [0.29, 0.717) is 12.6 Å². The van der Waals surface area contributed by atoms with Gasteiger partial charge in [0.1, 0.15) is 5.75 Å². The van der Waals surface area contributed by atoms with E-state index in [-0.39, 0.29) is 0 Å². The van der Waals surface area contributed by atoms with Crippen LogP contribution in [0.4, 0.5) is 0 Å². The first-order valence-electron chi connectivity index (χ1n) is 7.10. The van der Waals surface area contributed by atoms with Crippen LogP contribution in [-0.2, 0) is 11.3 Å². The molecule has 1 aliphatic heterocycles. The van der Waals surface area contributed by atoms with E-state index in [1.54, 1.807) is 7.11 Å². The molecule has 4 heteroatoms. The molecule has 1 aromatic rings. The third-order valence-electron chi connectivity index (χ3n) is 3.49. The topological polar surface area (TPSA) is 43.4 Å². The average molecular weight is 264 g/mol. The molecule has 0 amide bonds. The van der Waals surface area contributed by atoms with Crippen LogP contribution in [0.5, 0.6) is 5.75 Å². The maximum Gasteiger partial charge on any atom is 0.122 e. The SMILES string of the molecule is COc1cc(C)nc(COCCC2CCCCN2)c1. The van der Waals surface area contributed by atoms with Crippen LogP contribution < -0.4 is 10.1 Å². The molecule has 0 bridgehead atoms. The van der Waals surface area contributed by atoms with Gasteiger partial charge in [-0.1, -0.05) is 6.42 Å². The monoisotopic (exact) mass is 264 g/mol. The molecule has 1 aromatic heterocycles. The van der Waals surface area contributed by atoms with Crippen LogP contribution in [0.2, 0.25) is 0 Å². The summed E-state index contributed by atoms with van der Waals surface area (Å²) in [6.45, 7) is 4.47. The van der Waals surface area contributed by atoms with Gasteiger partial charge in [0.15, 0.2) is 0 Å². The van der Waals surface area contributed by atoms with Crippen LogP contribution in [0.3, 0.4) is 0 Å². The van der Waals surface area contributed by atoms with E-state index in [4.69, 9.17) is 9.47 Å². The number of nitrogens with zero attached hydrogens (tertiary/aromatic N) is 1. The molecular weight excluding hydrogens is 240 g/mol. The average Bonchev–Trinajstić information content (AvgIpc) is 2.44. The van der Waals surface area contributed by atoms with Gasteiger partial charge in [-0.05, 0) is 32.7 Å². The smallest absolute Gasteiger partial charge is 0.122 e. The number of methoxy groups -OCH3 is 1. The standard InChI is InChI=1S/C15H24N2O2/c1-12-9-15(18-2)10-14(17-12)11-19-8-6-13-5-3-4-7-16-13/h9-10,13,16H,3-8,11H2,1-2H3. The first-order valence-corrected chi connectivity index (χ1v) is 7.10. The number of pyridine rings is 1. The van der Waals surface area contributed by atoms with Crippen LogP contribution in [0.1, 0.15) is 37.1 Å². The Bertz CT molecular complexity index is 390. The zero-order valence-electron chi connectivity index (χ0n) is 11.9. The van der Waals surface area contributed by atoms with Crippen molar-refractivity contribution in [2.45, 2.75) is 45.3 Å². The van der Waals surface area contributed by atoms with E-state index in [2.05, 4.69) is 10.3 Å². The highest BCUT2D eigenvalue weighted by Gasteiger charge is 2.11. The zero-order valence-corrected chi connectivity index (χ0v) is 11.9. The number of piperidine rings is 1. The Morgan fingerprint density at radius 2 is 2.26 bits per heavy atom. The Morgan fingerprint density at radius 1 is 1.37 bits per heavy atom. The molecule has 0 saturated carbocycles. The molecule has 2 heterocycles. The molecule has 1 unspecified atom stereocenters. The molecule has 1 aliphatic rings. The van der Waals surface area contributed by atoms with Gasteiger partial charge >= 0.3 is 0 Å². The van der Waals surface area contributed by atoms with E-state index >= 15 is 0 Å². The number of rotatable bonds is 6. The van der Waals surface area contributed by atoms with E-state index in [1.165, 1.54) is 19.3 Å². The van der Waals surface area contributed by atoms with Gasteiger partial charge in [-0.25, -0.2) is 0 Å². The molecule has 19 heavy (non-hydrogen) atoms. The second-order valence-electron chi connectivity index (χ2n) is 5.13. The highest BCUT2D eigenvalue weighted by Crippen LogP contribution is 2.14. The lowest BCUT2D eigenvalue weighted by molar-refractivity contribution is 0.106. The number of nitrogens with one attached hydrogen (secondary N) is 1. The van der Waals surface area contributed by atoms with Gasteiger partial charge in [0, 0.05) is 30.5 Å². The molecule has 1 N–H and O–H groups in total. The van der Waals surface area contributed by atoms with Gasteiger partial charge < -0.3 is 14.8 Å². The van der Waals surface area contributed by atoms with Crippen LogP contribution >= 0.6 is 0 Å². The predicted molar refractivity (Wildman–Crippen MR) is 75.4 cm³/mol. The predicted octanol–water partition coefficient (Wildman–Crippen LogP) is 2.45. The van der Waals surface area contributed by atoms with Crippen molar-refractivity contribution in [2.24, 2.45) is 0 Å². The Kier molecular flexibility index (Phi) is 5.61. The molecular formula is C15H24N2O2.